The van der Waals surface area contributed by atoms with Gasteiger partial charge < -0.3 is 15.5 Å². The Morgan fingerprint density at radius 1 is 1.30 bits per heavy atom. The van der Waals surface area contributed by atoms with Crippen LogP contribution in [0.15, 0.2) is 12.1 Å². The van der Waals surface area contributed by atoms with Crippen LogP contribution >= 0.6 is 0 Å². The number of piperidine rings is 1. The zero-order valence-corrected chi connectivity index (χ0v) is 18.2. The molecule has 4 atom stereocenters. The van der Waals surface area contributed by atoms with E-state index in [1.807, 2.05) is 18.7 Å². The van der Waals surface area contributed by atoms with Crippen LogP contribution < -0.4 is 10.6 Å². The Kier molecular flexibility index (Phi) is 5.86. The molecule has 164 valence electrons. The Morgan fingerprint density at radius 2 is 2.07 bits per heavy atom. The monoisotopic (exact) mass is 415 g/mol. The van der Waals surface area contributed by atoms with Crippen molar-refractivity contribution in [3.63, 3.8) is 0 Å². The van der Waals surface area contributed by atoms with Gasteiger partial charge in [0.1, 0.15) is 0 Å². The number of carbonyl (C=O) groups is 1. The molecule has 1 fully saturated rings. The summed E-state index contributed by atoms with van der Waals surface area (Å²) in [5.74, 6) is 0.621. The van der Waals surface area contributed by atoms with Crippen LogP contribution in [0.25, 0.3) is 0 Å². The molecule has 0 radical (unpaired) electrons. The van der Waals surface area contributed by atoms with Crippen molar-refractivity contribution in [1.29, 1.82) is 0 Å². The quantitative estimate of drug-likeness (QED) is 0.548. The highest BCUT2D eigenvalue weighted by Crippen LogP contribution is 2.51. The van der Waals surface area contributed by atoms with Crippen LogP contribution in [0.1, 0.15) is 63.0 Å². The SMILES string of the molecule is CCCN1C[C@@H](NC(=O)N(CC)CC)C[C@@H]2c3cc([N+](=O)[O-])cc4c3[C@@H](CN4)C[C@H]21. The number of fused-ring (bicyclic) bond motifs is 2. The summed E-state index contributed by atoms with van der Waals surface area (Å²) in [5.41, 5.74) is 3.48. The largest absolute Gasteiger partial charge is 0.384 e. The summed E-state index contributed by atoms with van der Waals surface area (Å²) in [4.78, 5) is 28.3. The third kappa shape index (κ3) is 3.62. The fourth-order valence-corrected chi connectivity index (χ4v) is 5.79. The summed E-state index contributed by atoms with van der Waals surface area (Å²) < 4.78 is 0. The molecule has 0 aromatic heterocycles. The Labute approximate surface area is 178 Å². The summed E-state index contributed by atoms with van der Waals surface area (Å²) in [6, 6.07) is 3.89. The first-order valence-electron chi connectivity index (χ1n) is 11.3. The van der Waals surface area contributed by atoms with E-state index in [0.29, 0.717) is 25.0 Å². The lowest BCUT2D eigenvalue weighted by molar-refractivity contribution is -0.384. The van der Waals surface area contributed by atoms with E-state index in [1.54, 1.807) is 12.1 Å². The second kappa shape index (κ2) is 8.41. The van der Waals surface area contributed by atoms with Gasteiger partial charge in [-0.05, 0) is 50.8 Å². The van der Waals surface area contributed by atoms with Gasteiger partial charge in [0.15, 0.2) is 0 Å². The third-order valence-electron chi connectivity index (χ3n) is 7.10. The molecular formula is C22H33N5O3. The first kappa shape index (κ1) is 20.9. The summed E-state index contributed by atoms with van der Waals surface area (Å²) >= 11 is 0. The van der Waals surface area contributed by atoms with E-state index in [2.05, 4.69) is 22.5 Å². The fraction of sp³-hybridized carbons (Fsp3) is 0.682. The first-order valence-corrected chi connectivity index (χ1v) is 11.3. The van der Waals surface area contributed by atoms with Gasteiger partial charge in [0.2, 0.25) is 0 Å². The number of hydrogen-bond acceptors (Lipinski definition) is 5. The Balaban J connectivity index is 1.67. The summed E-state index contributed by atoms with van der Waals surface area (Å²) in [5, 5.41) is 18.2. The molecule has 1 aromatic carbocycles. The molecule has 0 bridgehead atoms. The molecule has 2 heterocycles. The van der Waals surface area contributed by atoms with Crippen LogP contribution in [0.4, 0.5) is 16.2 Å². The van der Waals surface area contributed by atoms with Gasteiger partial charge in [-0.15, -0.1) is 0 Å². The smallest absolute Gasteiger partial charge is 0.317 e. The number of carbonyl (C=O) groups excluding carboxylic acids is 1. The lowest BCUT2D eigenvalue weighted by Crippen LogP contribution is -2.58. The van der Waals surface area contributed by atoms with Crippen molar-refractivity contribution in [1.82, 2.24) is 15.1 Å². The number of likely N-dealkylation sites (tertiary alicyclic amines) is 1. The van der Waals surface area contributed by atoms with Crippen molar-refractivity contribution in [3.8, 4) is 0 Å². The maximum atomic E-state index is 12.7. The Morgan fingerprint density at radius 3 is 2.73 bits per heavy atom. The normalized spacial score (nSPS) is 27.0. The standard InChI is InChI=1S/C22H33N5O3/c1-4-7-26-13-15(24-22(28)25(5-2)6-3)9-17-18-10-16(27(29)30)11-19-21(18)14(12-23-19)8-20(17)26/h10-11,14-15,17,20,23H,4-9,12-13H2,1-3H3,(H,24,28)/t14-,15+,17-,20-/m1/s1. The van der Waals surface area contributed by atoms with E-state index in [0.717, 1.165) is 50.1 Å². The maximum absolute atomic E-state index is 12.7. The number of benzene rings is 1. The molecular weight excluding hydrogens is 382 g/mol. The zero-order chi connectivity index (χ0) is 21.4. The zero-order valence-electron chi connectivity index (χ0n) is 18.2. The number of amides is 2. The van der Waals surface area contributed by atoms with Gasteiger partial charge >= 0.3 is 6.03 Å². The van der Waals surface area contributed by atoms with Crippen LogP contribution in [-0.4, -0.2) is 65.6 Å². The van der Waals surface area contributed by atoms with E-state index >= 15 is 0 Å². The number of hydrogen-bond donors (Lipinski definition) is 2. The van der Waals surface area contributed by atoms with Crippen molar-refractivity contribution >= 4 is 17.4 Å². The van der Waals surface area contributed by atoms with Crippen LogP contribution in [0, 0.1) is 10.1 Å². The van der Waals surface area contributed by atoms with Crippen LogP contribution in [0.5, 0.6) is 0 Å². The molecule has 8 heteroatoms. The predicted octanol–water partition coefficient (Wildman–Crippen LogP) is 3.50. The van der Waals surface area contributed by atoms with Crippen LogP contribution in [0.2, 0.25) is 0 Å². The van der Waals surface area contributed by atoms with E-state index in [9.17, 15) is 14.9 Å². The van der Waals surface area contributed by atoms with Gasteiger partial charge in [0.25, 0.3) is 5.69 Å². The van der Waals surface area contributed by atoms with Crippen molar-refractivity contribution < 1.29 is 9.72 Å². The molecule has 1 aliphatic carbocycles. The van der Waals surface area contributed by atoms with Gasteiger partial charge in [0.05, 0.1) is 4.92 Å². The van der Waals surface area contributed by atoms with E-state index < -0.39 is 0 Å². The van der Waals surface area contributed by atoms with Crippen molar-refractivity contribution in [2.24, 2.45) is 0 Å². The van der Waals surface area contributed by atoms with E-state index in [-0.39, 0.29) is 28.6 Å². The van der Waals surface area contributed by atoms with E-state index in [1.165, 1.54) is 5.56 Å². The number of anilines is 1. The summed E-state index contributed by atoms with van der Waals surface area (Å²) in [6.45, 7) is 10.2. The second-order valence-electron chi connectivity index (χ2n) is 8.79. The van der Waals surface area contributed by atoms with Crippen molar-refractivity contribution in [2.75, 3.05) is 38.0 Å². The molecule has 30 heavy (non-hydrogen) atoms. The Hall–Kier alpha value is -2.35. The highest BCUT2D eigenvalue weighted by atomic mass is 16.6. The lowest BCUT2D eigenvalue weighted by atomic mass is 9.69. The van der Waals surface area contributed by atoms with Gasteiger partial charge in [-0.2, -0.15) is 0 Å². The first-order chi connectivity index (χ1) is 14.5. The molecule has 2 aliphatic heterocycles. The highest BCUT2D eigenvalue weighted by molar-refractivity contribution is 5.74. The molecule has 4 rings (SSSR count). The fourth-order valence-electron chi connectivity index (χ4n) is 5.79. The average molecular weight is 416 g/mol. The molecule has 1 saturated heterocycles. The van der Waals surface area contributed by atoms with Crippen LogP contribution in [0.3, 0.4) is 0 Å². The molecule has 0 spiro atoms. The molecule has 2 N–H and O–H groups in total. The molecule has 0 unspecified atom stereocenters. The highest BCUT2D eigenvalue weighted by Gasteiger charge is 2.46. The number of nitro benzene ring substituents is 1. The van der Waals surface area contributed by atoms with Gasteiger partial charge in [0, 0.05) is 67.9 Å². The van der Waals surface area contributed by atoms with Crippen molar-refractivity contribution in [3.05, 3.63) is 33.4 Å². The number of non-ortho nitro benzene ring substituents is 1. The second-order valence-corrected chi connectivity index (χ2v) is 8.79. The van der Waals surface area contributed by atoms with Gasteiger partial charge in [-0.1, -0.05) is 6.92 Å². The average Bonchev–Trinajstić information content (AvgIpc) is 3.13. The molecule has 2 amide bonds. The molecule has 1 aromatic rings. The minimum Gasteiger partial charge on any atom is -0.384 e. The summed E-state index contributed by atoms with van der Waals surface area (Å²) in [7, 11) is 0. The topological polar surface area (TPSA) is 90.8 Å². The Bertz CT molecular complexity index is 825. The van der Waals surface area contributed by atoms with E-state index in [4.69, 9.17) is 0 Å². The lowest BCUT2D eigenvalue weighted by Gasteiger charge is -2.49. The summed E-state index contributed by atoms with van der Waals surface area (Å²) in [6.07, 6.45) is 2.96. The molecule has 3 aliphatic rings. The molecule has 0 saturated carbocycles. The number of urea groups is 1. The maximum Gasteiger partial charge on any atom is 0.317 e. The number of nitrogens with zero attached hydrogens (tertiary/aromatic N) is 3. The number of nitro groups is 1. The minimum absolute atomic E-state index is 0.0143. The van der Waals surface area contributed by atoms with Crippen molar-refractivity contribution in [2.45, 2.75) is 64.0 Å². The predicted molar refractivity (Wildman–Crippen MR) is 117 cm³/mol. The number of rotatable bonds is 6. The van der Waals surface area contributed by atoms with Gasteiger partial charge in [-0.3, -0.25) is 15.0 Å². The molecule has 8 nitrogen and oxygen atoms in total. The van der Waals surface area contributed by atoms with Gasteiger partial charge in [-0.25, -0.2) is 4.79 Å². The third-order valence-corrected chi connectivity index (χ3v) is 7.10. The minimum atomic E-state index is -0.290. The van der Waals surface area contributed by atoms with Crippen LogP contribution in [-0.2, 0) is 0 Å². The number of nitrogens with one attached hydrogen (secondary N) is 2.